The standard InChI is InChI=1S/C23H37N5/c1-19-11-6-9-15-27(19)18-10-12-21-20-13-14-22(24-23(20)26(2)25-21)28-16-7-4-3-5-8-17-28/h13-14,19H,3-12,15-18H2,1-2H3. The Hall–Kier alpha value is -1.62. The van der Waals surface area contributed by atoms with Gasteiger partial charge < -0.3 is 9.80 Å². The third-order valence-corrected chi connectivity index (χ3v) is 6.73. The fraction of sp³-hybridized carbons (Fsp3) is 0.739. The molecule has 2 aromatic heterocycles. The molecule has 5 nitrogen and oxygen atoms in total. The second kappa shape index (κ2) is 9.25. The monoisotopic (exact) mass is 383 g/mol. The van der Waals surface area contributed by atoms with E-state index < -0.39 is 0 Å². The van der Waals surface area contributed by atoms with Crippen molar-refractivity contribution in [2.45, 2.75) is 77.2 Å². The van der Waals surface area contributed by atoms with Crippen LogP contribution in [0.4, 0.5) is 5.82 Å². The smallest absolute Gasteiger partial charge is 0.160 e. The Morgan fingerprint density at radius 1 is 0.964 bits per heavy atom. The van der Waals surface area contributed by atoms with E-state index in [1.54, 1.807) is 0 Å². The highest BCUT2D eigenvalue weighted by molar-refractivity contribution is 5.80. The van der Waals surface area contributed by atoms with Crippen LogP contribution in [-0.2, 0) is 13.5 Å². The van der Waals surface area contributed by atoms with Crippen LogP contribution in [-0.4, -0.2) is 51.9 Å². The fourth-order valence-corrected chi connectivity index (χ4v) is 4.97. The Balaban J connectivity index is 1.43. The highest BCUT2D eigenvalue weighted by atomic mass is 15.3. The van der Waals surface area contributed by atoms with Gasteiger partial charge in [0.1, 0.15) is 5.82 Å². The van der Waals surface area contributed by atoms with E-state index >= 15 is 0 Å². The number of rotatable bonds is 5. The highest BCUT2D eigenvalue weighted by Crippen LogP contribution is 2.24. The van der Waals surface area contributed by atoms with Crippen molar-refractivity contribution in [3.63, 3.8) is 0 Å². The van der Waals surface area contributed by atoms with E-state index in [9.17, 15) is 0 Å². The summed E-state index contributed by atoms with van der Waals surface area (Å²) in [6.07, 6.45) is 13.0. The first kappa shape index (κ1) is 19.7. The van der Waals surface area contributed by atoms with Gasteiger partial charge in [0, 0.05) is 31.6 Å². The van der Waals surface area contributed by atoms with E-state index in [1.165, 1.54) is 82.0 Å². The lowest BCUT2D eigenvalue weighted by molar-refractivity contribution is 0.159. The first-order valence-corrected chi connectivity index (χ1v) is 11.5. The summed E-state index contributed by atoms with van der Waals surface area (Å²) in [6.45, 7) is 7.11. The lowest BCUT2D eigenvalue weighted by Crippen LogP contribution is -2.38. The van der Waals surface area contributed by atoms with Crippen molar-refractivity contribution in [3.05, 3.63) is 17.8 Å². The second-order valence-electron chi connectivity index (χ2n) is 8.85. The molecule has 2 fully saturated rings. The number of anilines is 1. The predicted molar refractivity (Wildman–Crippen MR) is 117 cm³/mol. The van der Waals surface area contributed by atoms with E-state index in [0.29, 0.717) is 0 Å². The van der Waals surface area contributed by atoms with Crippen molar-refractivity contribution in [3.8, 4) is 0 Å². The molecule has 2 saturated heterocycles. The highest BCUT2D eigenvalue weighted by Gasteiger charge is 2.19. The SMILES string of the molecule is CC1CCCCN1CCCc1nn(C)c2nc(N3CCCCCCC3)ccc12. The maximum Gasteiger partial charge on any atom is 0.160 e. The molecule has 2 aliphatic heterocycles. The van der Waals surface area contributed by atoms with E-state index in [2.05, 4.69) is 28.9 Å². The van der Waals surface area contributed by atoms with Gasteiger partial charge in [-0.1, -0.05) is 25.7 Å². The number of piperidine rings is 1. The minimum absolute atomic E-state index is 0.747. The van der Waals surface area contributed by atoms with Gasteiger partial charge in [-0.25, -0.2) is 4.98 Å². The van der Waals surface area contributed by atoms with Crippen molar-refractivity contribution in [1.82, 2.24) is 19.7 Å². The van der Waals surface area contributed by atoms with Crippen molar-refractivity contribution in [1.29, 1.82) is 0 Å². The largest absolute Gasteiger partial charge is 0.357 e. The van der Waals surface area contributed by atoms with Crippen LogP contribution in [0, 0.1) is 0 Å². The van der Waals surface area contributed by atoms with Gasteiger partial charge in [-0.15, -0.1) is 0 Å². The molecule has 4 heterocycles. The van der Waals surface area contributed by atoms with Crippen LogP contribution >= 0.6 is 0 Å². The van der Waals surface area contributed by atoms with Crippen LogP contribution in [0.5, 0.6) is 0 Å². The maximum atomic E-state index is 5.02. The molecule has 4 rings (SSSR count). The molecular weight excluding hydrogens is 346 g/mol. The molecule has 0 spiro atoms. The zero-order valence-corrected chi connectivity index (χ0v) is 17.9. The Bertz CT molecular complexity index is 760. The van der Waals surface area contributed by atoms with Gasteiger partial charge in [0.15, 0.2) is 5.65 Å². The van der Waals surface area contributed by atoms with Gasteiger partial charge >= 0.3 is 0 Å². The number of fused-ring (bicyclic) bond motifs is 1. The molecule has 28 heavy (non-hydrogen) atoms. The zero-order valence-electron chi connectivity index (χ0n) is 17.9. The van der Waals surface area contributed by atoms with Crippen LogP contribution in [0.2, 0.25) is 0 Å². The number of nitrogens with zero attached hydrogens (tertiary/aromatic N) is 5. The number of likely N-dealkylation sites (tertiary alicyclic amines) is 1. The number of pyridine rings is 1. The Kier molecular flexibility index (Phi) is 6.50. The molecule has 1 unspecified atom stereocenters. The first-order valence-electron chi connectivity index (χ1n) is 11.5. The van der Waals surface area contributed by atoms with E-state index in [4.69, 9.17) is 10.1 Å². The summed E-state index contributed by atoms with van der Waals surface area (Å²) in [5.74, 6) is 1.13. The molecule has 0 bridgehead atoms. The molecule has 5 heteroatoms. The summed E-state index contributed by atoms with van der Waals surface area (Å²) in [5, 5.41) is 6.07. The third kappa shape index (κ3) is 4.51. The van der Waals surface area contributed by atoms with Crippen molar-refractivity contribution >= 4 is 16.9 Å². The molecule has 154 valence electrons. The topological polar surface area (TPSA) is 37.2 Å². The number of hydrogen-bond acceptors (Lipinski definition) is 4. The zero-order chi connectivity index (χ0) is 19.3. The van der Waals surface area contributed by atoms with Gasteiger partial charge in [0.05, 0.1) is 5.69 Å². The van der Waals surface area contributed by atoms with Crippen LogP contribution in [0.1, 0.15) is 70.4 Å². The van der Waals surface area contributed by atoms with Crippen molar-refractivity contribution < 1.29 is 0 Å². The Morgan fingerprint density at radius 2 is 1.71 bits per heavy atom. The average molecular weight is 384 g/mol. The molecule has 2 aliphatic rings. The predicted octanol–water partition coefficient (Wildman–Crippen LogP) is 4.55. The molecule has 0 N–H and O–H groups in total. The summed E-state index contributed by atoms with van der Waals surface area (Å²) in [6, 6.07) is 5.24. The van der Waals surface area contributed by atoms with Crippen LogP contribution < -0.4 is 4.90 Å². The summed E-state index contributed by atoms with van der Waals surface area (Å²) in [4.78, 5) is 10.2. The van der Waals surface area contributed by atoms with E-state index in [1.807, 2.05) is 11.7 Å². The molecule has 2 aromatic rings. The lowest BCUT2D eigenvalue weighted by Gasteiger charge is -2.33. The molecule has 0 amide bonds. The molecule has 0 radical (unpaired) electrons. The number of aromatic nitrogens is 3. The minimum atomic E-state index is 0.747. The summed E-state index contributed by atoms with van der Waals surface area (Å²) in [5.41, 5.74) is 2.26. The Labute approximate surface area is 170 Å². The van der Waals surface area contributed by atoms with Crippen molar-refractivity contribution in [2.75, 3.05) is 31.1 Å². The maximum absolute atomic E-state index is 5.02. The molecule has 1 atom stereocenters. The van der Waals surface area contributed by atoms with E-state index in [-0.39, 0.29) is 0 Å². The second-order valence-corrected chi connectivity index (χ2v) is 8.85. The van der Waals surface area contributed by atoms with Crippen LogP contribution in [0.3, 0.4) is 0 Å². The summed E-state index contributed by atoms with van der Waals surface area (Å²) < 4.78 is 1.99. The number of hydrogen-bond donors (Lipinski definition) is 0. The molecule has 0 aliphatic carbocycles. The van der Waals surface area contributed by atoms with Crippen molar-refractivity contribution in [2.24, 2.45) is 7.05 Å². The van der Waals surface area contributed by atoms with Gasteiger partial charge in [0.2, 0.25) is 0 Å². The van der Waals surface area contributed by atoms with Gasteiger partial charge in [-0.3, -0.25) is 4.68 Å². The average Bonchev–Trinajstić information content (AvgIpc) is 2.98. The van der Waals surface area contributed by atoms with Gasteiger partial charge in [0.25, 0.3) is 0 Å². The Morgan fingerprint density at radius 3 is 2.50 bits per heavy atom. The molecule has 0 saturated carbocycles. The quantitative estimate of drug-likeness (QED) is 0.759. The first-order chi connectivity index (χ1) is 13.7. The number of aryl methyl sites for hydroxylation is 2. The van der Waals surface area contributed by atoms with Gasteiger partial charge in [-0.2, -0.15) is 5.10 Å². The fourth-order valence-electron chi connectivity index (χ4n) is 4.97. The van der Waals surface area contributed by atoms with E-state index in [0.717, 1.165) is 37.0 Å². The molecule has 0 aromatic carbocycles. The van der Waals surface area contributed by atoms with Gasteiger partial charge in [-0.05, 0) is 70.7 Å². The van der Waals surface area contributed by atoms with Crippen LogP contribution in [0.15, 0.2) is 12.1 Å². The lowest BCUT2D eigenvalue weighted by atomic mass is 10.0. The summed E-state index contributed by atoms with van der Waals surface area (Å²) in [7, 11) is 2.04. The normalized spacial score (nSPS) is 22.4. The summed E-state index contributed by atoms with van der Waals surface area (Å²) >= 11 is 0. The minimum Gasteiger partial charge on any atom is -0.357 e. The third-order valence-electron chi connectivity index (χ3n) is 6.73. The molecular formula is C23H37N5. The van der Waals surface area contributed by atoms with Crippen LogP contribution in [0.25, 0.3) is 11.0 Å².